The summed E-state index contributed by atoms with van der Waals surface area (Å²) >= 11 is 0. The summed E-state index contributed by atoms with van der Waals surface area (Å²) in [6.45, 7) is 1.77. The molecule has 1 atom stereocenters. The lowest BCUT2D eigenvalue weighted by Crippen LogP contribution is -2.20. The van der Waals surface area contributed by atoms with Gasteiger partial charge in [-0.2, -0.15) is 0 Å². The predicted octanol–water partition coefficient (Wildman–Crippen LogP) is 2.67. The third kappa shape index (κ3) is 2.54. The molecule has 1 aromatic carbocycles. The molecule has 0 aliphatic rings. The van der Waals surface area contributed by atoms with E-state index < -0.39 is 11.0 Å². The van der Waals surface area contributed by atoms with E-state index in [2.05, 4.69) is 4.98 Å². The number of fused-ring (bicyclic) bond motifs is 1. The lowest BCUT2D eigenvalue weighted by atomic mass is 10.0. The molecule has 0 saturated heterocycles. The first kappa shape index (κ1) is 13.0. The number of non-ortho nitro benzene ring substituents is 1. The third-order valence-electron chi connectivity index (χ3n) is 3.19. The molecule has 19 heavy (non-hydrogen) atoms. The molecular weight excluding hydrogens is 250 g/mol. The molecule has 0 fully saturated rings. The van der Waals surface area contributed by atoms with Crippen molar-refractivity contribution in [2.24, 2.45) is 0 Å². The minimum Gasteiger partial charge on any atom is -0.361 e. The fourth-order valence-electron chi connectivity index (χ4n) is 2.08. The fraction of sp³-hybridized carbons (Fsp3) is 0.333. The van der Waals surface area contributed by atoms with Crippen LogP contribution in [-0.4, -0.2) is 20.9 Å². The number of nitrogens with zero attached hydrogens (tertiary/aromatic N) is 2. The van der Waals surface area contributed by atoms with E-state index in [9.17, 15) is 20.2 Å². The molecule has 0 bridgehead atoms. The van der Waals surface area contributed by atoms with Gasteiger partial charge in [-0.25, -0.2) is 0 Å². The van der Waals surface area contributed by atoms with Crippen LogP contribution in [0.15, 0.2) is 24.4 Å². The highest BCUT2D eigenvalue weighted by molar-refractivity contribution is 5.85. The van der Waals surface area contributed by atoms with Crippen molar-refractivity contribution >= 4 is 16.6 Å². The Labute approximate surface area is 108 Å². The van der Waals surface area contributed by atoms with Gasteiger partial charge in [0.15, 0.2) is 0 Å². The summed E-state index contributed by atoms with van der Waals surface area (Å²) in [5.74, 6) is 0. The van der Waals surface area contributed by atoms with Crippen LogP contribution >= 0.6 is 0 Å². The number of rotatable bonds is 5. The van der Waals surface area contributed by atoms with Gasteiger partial charge >= 0.3 is 0 Å². The number of aromatic amines is 1. The topological polar surface area (TPSA) is 102 Å². The smallest absolute Gasteiger partial charge is 0.271 e. The normalized spacial score (nSPS) is 12.5. The molecule has 7 nitrogen and oxygen atoms in total. The lowest BCUT2D eigenvalue weighted by Gasteiger charge is -2.05. The number of nitro benzene ring substituents is 1. The average molecular weight is 263 g/mol. The Hall–Kier alpha value is -2.44. The molecule has 0 saturated carbocycles. The zero-order valence-electron chi connectivity index (χ0n) is 10.3. The Morgan fingerprint density at radius 1 is 1.32 bits per heavy atom. The highest BCUT2D eigenvalue weighted by Gasteiger charge is 2.20. The molecule has 0 radical (unpaired) electrons. The van der Waals surface area contributed by atoms with Crippen LogP contribution in [0.5, 0.6) is 0 Å². The minimum atomic E-state index is -0.630. The number of nitro groups is 2. The van der Waals surface area contributed by atoms with E-state index in [0.29, 0.717) is 18.4 Å². The van der Waals surface area contributed by atoms with E-state index in [1.54, 1.807) is 19.2 Å². The van der Waals surface area contributed by atoms with Gasteiger partial charge in [0.05, 0.1) is 10.4 Å². The van der Waals surface area contributed by atoms with Crippen molar-refractivity contribution in [3.8, 4) is 0 Å². The van der Waals surface area contributed by atoms with Crippen molar-refractivity contribution in [3.05, 3.63) is 50.2 Å². The molecule has 1 unspecified atom stereocenters. The second-order valence-electron chi connectivity index (χ2n) is 4.35. The predicted molar refractivity (Wildman–Crippen MR) is 69.7 cm³/mol. The van der Waals surface area contributed by atoms with Crippen molar-refractivity contribution in [2.45, 2.75) is 25.8 Å². The van der Waals surface area contributed by atoms with Gasteiger partial charge in [0.2, 0.25) is 6.04 Å². The highest BCUT2D eigenvalue weighted by Crippen LogP contribution is 2.24. The standard InChI is InChI=1S/C12H13N3O4/c1-2-9(14(16)17)5-8-7-13-12-6-10(15(18)19)3-4-11(8)12/h3-4,6-7,9,13H,2,5H2,1H3. The van der Waals surface area contributed by atoms with E-state index in [-0.39, 0.29) is 10.6 Å². The molecule has 0 amide bonds. The molecule has 0 aliphatic heterocycles. The Balaban J connectivity index is 2.35. The molecule has 0 aliphatic carbocycles. The van der Waals surface area contributed by atoms with Crippen molar-refractivity contribution in [2.75, 3.05) is 0 Å². The molecule has 7 heteroatoms. The summed E-state index contributed by atoms with van der Waals surface area (Å²) in [7, 11) is 0. The van der Waals surface area contributed by atoms with Gasteiger partial charge in [-0.1, -0.05) is 6.92 Å². The lowest BCUT2D eigenvalue weighted by molar-refractivity contribution is -0.522. The largest absolute Gasteiger partial charge is 0.361 e. The van der Waals surface area contributed by atoms with Gasteiger partial charge in [-0.05, 0) is 11.6 Å². The van der Waals surface area contributed by atoms with Gasteiger partial charge in [0.25, 0.3) is 5.69 Å². The van der Waals surface area contributed by atoms with Gasteiger partial charge in [-0.15, -0.1) is 0 Å². The average Bonchev–Trinajstić information content (AvgIpc) is 2.77. The van der Waals surface area contributed by atoms with E-state index >= 15 is 0 Å². The Morgan fingerprint density at radius 2 is 2.05 bits per heavy atom. The quantitative estimate of drug-likeness (QED) is 0.661. The molecule has 2 rings (SSSR count). The molecule has 2 aromatic rings. The van der Waals surface area contributed by atoms with Crippen LogP contribution in [0.25, 0.3) is 10.9 Å². The summed E-state index contributed by atoms with van der Waals surface area (Å²) in [6.07, 6.45) is 2.45. The van der Waals surface area contributed by atoms with E-state index in [4.69, 9.17) is 0 Å². The Kier molecular flexibility index (Phi) is 3.46. The highest BCUT2D eigenvalue weighted by atomic mass is 16.6. The number of nitrogens with one attached hydrogen (secondary N) is 1. The molecule has 1 aromatic heterocycles. The van der Waals surface area contributed by atoms with Crippen LogP contribution in [0, 0.1) is 20.2 Å². The Bertz CT molecular complexity index is 635. The maximum Gasteiger partial charge on any atom is 0.271 e. The fourth-order valence-corrected chi connectivity index (χ4v) is 2.08. The number of H-pyrrole nitrogens is 1. The summed E-state index contributed by atoms with van der Waals surface area (Å²) in [5.41, 5.74) is 1.44. The summed E-state index contributed by atoms with van der Waals surface area (Å²) < 4.78 is 0. The number of benzene rings is 1. The monoisotopic (exact) mass is 263 g/mol. The maximum absolute atomic E-state index is 10.8. The van der Waals surface area contributed by atoms with Crippen molar-refractivity contribution < 1.29 is 9.85 Å². The maximum atomic E-state index is 10.8. The van der Waals surface area contributed by atoms with E-state index in [1.807, 2.05) is 0 Å². The second-order valence-corrected chi connectivity index (χ2v) is 4.35. The summed E-state index contributed by atoms with van der Waals surface area (Å²) in [4.78, 5) is 23.7. The van der Waals surface area contributed by atoms with Crippen LogP contribution in [-0.2, 0) is 6.42 Å². The molecular formula is C12H13N3O4. The SMILES string of the molecule is CCC(Cc1c[nH]c2cc([N+](=O)[O-])ccc12)[N+](=O)[O-]. The molecule has 0 spiro atoms. The van der Waals surface area contributed by atoms with Gasteiger partial charge in [0.1, 0.15) is 0 Å². The zero-order valence-corrected chi connectivity index (χ0v) is 10.3. The van der Waals surface area contributed by atoms with Crippen LogP contribution < -0.4 is 0 Å². The van der Waals surface area contributed by atoms with E-state index in [0.717, 1.165) is 10.9 Å². The zero-order chi connectivity index (χ0) is 14.0. The van der Waals surface area contributed by atoms with Crippen LogP contribution in [0.2, 0.25) is 0 Å². The van der Waals surface area contributed by atoms with E-state index in [1.165, 1.54) is 12.1 Å². The molecule has 1 N–H and O–H groups in total. The summed E-state index contributed by atoms with van der Waals surface area (Å²) in [6, 6.07) is 3.85. The third-order valence-corrected chi connectivity index (χ3v) is 3.19. The molecule has 100 valence electrons. The number of hydrogen-bond donors (Lipinski definition) is 1. The first-order valence-electron chi connectivity index (χ1n) is 5.90. The first-order valence-corrected chi connectivity index (χ1v) is 5.90. The van der Waals surface area contributed by atoms with Gasteiger partial charge in [0, 0.05) is 41.5 Å². The number of aromatic nitrogens is 1. The summed E-state index contributed by atoms with van der Waals surface area (Å²) in [5, 5.41) is 22.3. The number of hydrogen-bond acceptors (Lipinski definition) is 4. The van der Waals surface area contributed by atoms with Gasteiger partial charge < -0.3 is 4.98 Å². The first-order chi connectivity index (χ1) is 9.02. The van der Waals surface area contributed by atoms with Gasteiger partial charge in [-0.3, -0.25) is 20.2 Å². The van der Waals surface area contributed by atoms with Crippen LogP contribution in [0.4, 0.5) is 5.69 Å². The van der Waals surface area contributed by atoms with Crippen molar-refractivity contribution in [1.82, 2.24) is 4.98 Å². The van der Waals surface area contributed by atoms with Crippen molar-refractivity contribution in [3.63, 3.8) is 0 Å². The van der Waals surface area contributed by atoms with Crippen LogP contribution in [0.3, 0.4) is 0 Å². The second kappa shape index (κ2) is 5.05. The molecule has 1 heterocycles. The van der Waals surface area contributed by atoms with Crippen molar-refractivity contribution in [1.29, 1.82) is 0 Å². The van der Waals surface area contributed by atoms with Crippen LogP contribution in [0.1, 0.15) is 18.9 Å². The minimum absolute atomic E-state index is 0.00205. The Morgan fingerprint density at radius 3 is 2.63 bits per heavy atom.